The van der Waals surface area contributed by atoms with Crippen molar-refractivity contribution in [2.45, 2.75) is 31.7 Å². The summed E-state index contributed by atoms with van der Waals surface area (Å²) >= 11 is 0. The lowest BCUT2D eigenvalue weighted by Crippen LogP contribution is -2.35. The Morgan fingerprint density at radius 3 is 3.12 bits per heavy atom. The molecule has 0 bridgehead atoms. The van der Waals surface area contributed by atoms with Gasteiger partial charge in [0.2, 0.25) is 5.91 Å². The number of amides is 1. The Bertz CT molecular complexity index is 850. The summed E-state index contributed by atoms with van der Waals surface area (Å²) in [6, 6.07) is 8.36. The molecule has 5 nitrogen and oxygen atoms in total. The van der Waals surface area contributed by atoms with Gasteiger partial charge in [-0.15, -0.1) is 0 Å². The van der Waals surface area contributed by atoms with Gasteiger partial charge in [-0.2, -0.15) is 0 Å². The Labute approximate surface area is 141 Å². The molecular weight excluding hydrogens is 300 g/mol. The summed E-state index contributed by atoms with van der Waals surface area (Å²) < 4.78 is 2.00. The Morgan fingerprint density at radius 1 is 1.42 bits per heavy atom. The molecule has 0 fully saturated rings. The van der Waals surface area contributed by atoms with Crippen LogP contribution in [-0.2, 0) is 17.8 Å². The van der Waals surface area contributed by atoms with Gasteiger partial charge in [-0.1, -0.05) is 18.2 Å². The smallest absolute Gasteiger partial charge is 0.231 e. The van der Waals surface area contributed by atoms with Gasteiger partial charge in [0.15, 0.2) is 0 Å². The number of likely N-dealkylation sites (N-methyl/N-ethyl adjacent to an activating group) is 1. The SMILES string of the molecule is CN(CCn1ccnc1)C(=O)C1CCCc2c1[nH]c1ccccc21. The number of nitrogens with zero attached hydrogens (tertiary/aromatic N) is 3. The van der Waals surface area contributed by atoms with E-state index in [4.69, 9.17) is 0 Å². The molecule has 1 atom stereocenters. The van der Waals surface area contributed by atoms with Crippen molar-refractivity contribution in [3.8, 4) is 0 Å². The largest absolute Gasteiger partial charge is 0.357 e. The van der Waals surface area contributed by atoms with Gasteiger partial charge in [0.05, 0.1) is 12.2 Å². The van der Waals surface area contributed by atoms with Crippen LogP contribution in [-0.4, -0.2) is 38.9 Å². The molecule has 124 valence electrons. The van der Waals surface area contributed by atoms with Gasteiger partial charge in [-0.3, -0.25) is 4.79 Å². The molecule has 2 heterocycles. The Kier molecular flexibility index (Phi) is 3.84. The fourth-order valence-electron chi connectivity index (χ4n) is 3.72. The molecule has 0 aliphatic heterocycles. The fourth-order valence-corrected chi connectivity index (χ4v) is 3.72. The lowest BCUT2D eigenvalue weighted by molar-refractivity contribution is -0.132. The number of aryl methyl sites for hydroxylation is 1. The number of rotatable bonds is 4. The van der Waals surface area contributed by atoms with Crippen LogP contribution in [0.3, 0.4) is 0 Å². The van der Waals surface area contributed by atoms with E-state index in [1.165, 1.54) is 10.9 Å². The topological polar surface area (TPSA) is 53.9 Å². The normalized spacial score (nSPS) is 17.0. The summed E-state index contributed by atoms with van der Waals surface area (Å²) in [4.78, 5) is 22.4. The van der Waals surface area contributed by atoms with Crippen LogP contribution in [0.4, 0.5) is 0 Å². The van der Waals surface area contributed by atoms with Crippen LogP contribution in [0.15, 0.2) is 43.0 Å². The summed E-state index contributed by atoms with van der Waals surface area (Å²) in [6.07, 6.45) is 8.53. The van der Waals surface area contributed by atoms with Crippen molar-refractivity contribution < 1.29 is 4.79 Å². The van der Waals surface area contributed by atoms with Crippen molar-refractivity contribution in [1.82, 2.24) is 19.4 Å². The van der Waals surface area contributed by atoms with Gasteiger partial charge < -0.3 is 14.5 Å². The molecule has 1 aliphatic rings. The summed E-state index contributed by atoms with van der Waals surface area (Å²) in [5.41, 5.74) is 3.60. The van der Waals surface area contributed by atoms with Gasteiger partial charge in [0, 0.05) is 49.1 Å². The Balaban J connectivity index is 1.55. The van der Waals surface area contributed by atoms with E-state index >= 15 is 0 Å². The van der Waals surface area contributed by atoms with E-state index in [0.717, 1.165) is 37.0 Å². The van der Waals surface area contributed by atoms with E-state index in [-0.39, 0.29) is 11.8 Å². The number of H-pyrrole nitrogens is 1. The lowest BCUT2D eigenvalue weighted by atomic mass is 9.86. The van der Waals surface area contributed by atoms with Crippen LogP contribution in [0, 0.1) is 0 Å². The quantitative estimate of drug-likeness (QED) is 0.803. The molecule has 0 spiro atoms. The van der Waals surface area contributed by atoms with E-state index in [2.05, 4.69) is 28.2 Å². The first kappa shape index (κ1) is 15.0. The molecule has 1 amide bonds. The monoisotopic (exact) mass is 322 g/mol. The standard InChI is InChI=1S/C19H22N4O/c1-22(11-12-23-10-9-20-13-23)19(24)16-7-4-6-15-14-5-2-3-8-17(14)21-18(15)16/h2-3,5,8-10,13,16,21H,4,6-7,11-12H2,1H3. The molecule has 0 saturated heterocycles. The zero-order chi connectivity index (χ0) is 16.5. The van der Waals surface area contributed by atoms with Crippen LogP contribution >= 0.6 is 0 Å². The second-order valence-corrected chi connectivity index (χ2v) is 6.57. The first-order valence-electron chi connectivity index (χ1n) is 8.54. The highest BCUT2D eigenvalue weighted by Gasteiger charge is 2.31. The van der Waals surface area contributed by atoms with Crippen molar-refractivity contribution >= 4 is 16.8 Å². The highest BCUT2D eigenvalue weighted by atomic mass is 16.2. The third-order valence-corrected chi connectivity index (χ3v) is 5.04. The van der Waals surface area contributed by atoms with Crippen LogP contribution in [0.25, 0.3) is 10.9 Å². The second-order valence-electron chi connectivity index (χ2n) is 6.57. The zero-order valence-corrected chi connectivity index (χ0v) is 13.9. The number of para-hydroxylation sites is 1. The average molecular weight is 322 g/mol. The zero-order valence-electron chi connectivity index (χ0n) is 13.9. The number of imidazole rings is 1. The molecule has 1 aliphatic carbocycles. The number of nitrogens with one attached hydrogen (secondary N) is 1. The number of fused-ring (bicyclic) bond motifs is 3. The van der Waals surface area contributed by atoms with Crippen LogP contribution < -0.4 is 0 Å². The minimum Gasteiger partial charge on any atom is -0.357 e. The number of benzene rings is 1. The molecule has 2 aromatic heterocycles. The number of hydrogen-bond donors (Lipinski definition) is 1. The maximum Gasteiger partial charge on any atom is 0.231 e. The minimum atomic E-state index is -0.0473. The maximum absolute atomic E-state index is 13.0. The maximum atomic E-state index is 13.0. The molecule has 1 unspecified atom stereocenters. The molecule has 0 saturated carbocycles. The number of aromatic nitrogens is 3. The molecule has 0 radical (unpaired) electrons. The van der Waals surface area contributed by atoms with Gasteiger partial charge in [0.1, 0.15) is 0 Å². The molecule has 4 rings (SSSR count). The second kappa shape index (κ2) is 6.15. The van der Waals surface area contributed by atoms with E-state index in [9.17, 15) is 4.79 Å². The predicted octanol–water partition coefficient (Wildman–Crippen LogP) is 2.94. The molecule has 24 heavy (non-hydrogen) atoms. The van der Waals surface area contributed by atoms with Crippen LogP contribution in [0.1, 0.15) is 30.0 Å². The third kappa shape index (κ3) is 2.60. The third-order valence-electron chi connectivity index (χ3n) is 5.04. The van der Waals surface area contributed by atoms with Crippen molar-refractivity contribution in [2.24, 2.45) is 0 Å². The van der Waals surface area contributed by atoms with Gasteiger partial charge >= 0.3 is 0 Å². The average Bonchev–Trinajstić information content (AvgIpc) is 3.26. The number of hydrogen-bond acceptors (Lipinski definition) is 2. The minimum absolute atomic E-state index is 0.0473. The van der Waals surface area contributed by atoms with Crippen LogP contribution in [0.2, 0.25) is 0 Å². The predicted molar refractivity (Wildman–Crippen MR) is 93.8 cm³/mol. The van der Waals surface area contributed by atoms with E-state index in [1.54, 1.807) is 12.5 Å². The molecule has 3 aromatic rings. The number of aromatic amines is 1. The number of carbonyl (C=O) groups is 1. The van der Waals surface area contributed by atoms with E-state index in [0.29, 0.717) is 6.54 Å². The van der Waals surface area contributed by atoms with Crippen LogP contribution in [0.5, 0.6) is 0 Å². The lowest BCUT2D eigenvalue weighted by Gasteiger charge is -2.27. The first-order chi connectivity index (χ1) is 11.7. The molecule has 1 N–H and O–H groups in total. The fraction of sp³-hybridized carbons (Fsp3) is 0.368. The van der Waals surface area contributed by atoms with Crippen molar-refractivity contribution in [3.63, 3.8) is 0 Å². The van der Waals surface area contributed by atoms with Gasteiger partial charge in [-0.05, 0) is 30.9 Å². The molecule has 1 aromatic carbocycles. The van der Waals surface area contributed by atoms with Gasteiger partial charge in [-0.25, -0.2) is 4.98 Å². The molecular formula is C19H22N4O. The highest BCUT2D eigenvalue weighted by Crippen LogP contribution is 2.36. The number of carbonyl (C=O) groups excluding carboxylic acids is 1. The Morgan fingerprint density at radius 2 is 2.29 bits per heavy atom. The van der Waals surface area contributed by atoms with E-state index in [1.807, 2.05) is 28.8 Å². The molecule has 5 heteroatoms. The van der Waals surface area contributed by atoms with Crippen molar-refractivity contribution in [1.29, 1.82) is 0 Å². The summed E-state index contributed by atoms with van der Waals surface area (Å²) in [5, 5.41) is 1.27. The van der Waals surface area contributed by atoms with Crippen molar-refractivity contribution in [2.75, 3.05) is 13.6 Å². The van der Waals surface area contributed by atoms with Gasteiger partial charge in [0.25, 0.3) is 0 Å². The van der Waals surface area contributed by atoms with Crippen molar-refractivity contribution in [3.05, 3.63) is 54.2 Å². The summed E-state index contributed by atoms with van der Waals surface area (Å²) in [5.74, 6) is 0.163. The van der Waals surface area contributed by atoms with E-state index < -0.39 is 0 Å². The highest BCUT2D eigenvalue weighted by molar-refractivity contribution is 5.90. The summed E-state index contributed by atoms with van der Waals surface area (Å²) in [7, 11) is 1.90. The summed E-state index contributed by atoms with van der Waals surface area (Å²) in [6.45, 7) is 1.47. The first-order valence-corrected chi connectivity index (χ1v) is 8.54. The Hall–Kier alpha value is -2.56.